The highest BCUT2D eigenvalue weighted by atomic mass is 16.6. The Morgan fingerprint density at radius 1 is 1.29 bits per heavy atom. The van der Waals surface area contributed by atoms with Gasteiger partial charge in [-0.3, -0.25) is 0 Å². The Morgan fingerprint density at radius 3 is 2.36 bits per heavy atom. The summed E-state index contributed by atoms with van der Waals surface area (Å²) < 4.78 is 5.19. The fourth-order valence-electron chi connectivity index (χ4n) is 1.45. The third kappa shape index (κ3) is 3.05. The molecule has 0 amide bonds. The van der Waals surface area contributed by atoms with Crippen LogP contribution in [-0.4, -0.2) is 16.7 Å². The molecule has 14 heavy (non-hydrogen) atoms. The quantitative estimate of drug-likeness (QED) is 0.659. The predicted molar refractivity (Wildman–Crippen MR) is 54.0 cm³/mol. The van der Waals surface area contributed by atoms with Gasteiger partial charge >= 0.3 is 5.97 Å². The Hall–Kier alpha value is -0.990. The van der Waals surface area contributed by atoms with Crippen LogP contribution in [0.1, 0.15) is 46.5 Å². The monoisotopic (exact) mass is 198 g/mol. The number of carbonyl (C=O) groups is 1. The zero-order valence-electron chi connectivity index (χ0n) is 9.09. The van der Waals surface area contributed by atoms with E-state index in [4.69, 9.17) is 4.74 Å². The van der Waals surface area contributed by atoms with Crippen LogP contribution in [-0.2, 0) is 9.53 Å². The summed E-state index contributed by atoms with van der Waals surface area (Å²) in [7, 11) is 0. The molecule has 0 aromatic carbocycles. The van der Waals surface area contributed by atoms with E-state index in [-0.39, 0.29) is 11.7 Å². The molecule has 1 N–H and O–H groups in total. The van der Waals surface area contributed by atoms with E-state index >= 15 is 0 Å². The molecular weight excluding hydrogens is 180 g/mol. The average molecular weight is 198 g/mol. The molecule has 0 unspecified atom stereocenters. The van der Waals surface area contributed by atoms with Crippen LogP contribution >= 0.6 is 0 Å². The summed E-state index contributed by atoms with van der Waals surface area (Å²) in [6, 6.07) is 0. The van der Waals surface area contributed by atoms with Crippen molar-refractivity contribution in [3.05, 3.63) is 11.3 Å². The lowest BCUT2D eigenvalue weighted by Gasteiger charge is -2.22. The Kier molecular flexibility index (Phi) is 3.19. The first kappa shape index (κ1) is 11.1. The normalized spacial score (nSPS) is 18.2. The molecule has 0 bridgehead atoms. The maximum Gasteiger partial charge on any atom is 0.337 e. The van der Waals surface area contributed by atoms with Crippen molar-refractivity contribution in [1.82, 2.24) is 0 Å². The zero-order valence-corrected chi connectivity index (χ0v) is 9.09. The van der Waals surface area contributed by atoms with Crippen molar-refractivity contribution in [3.63, 3.8) is 0 Å². The summed E-state index contributed by atoms with van der Waals surface area (Å²) in [6.07, 6.45) is 3.16. The molecule has 0 aliphatic heterocycles. The van der Waals surface area contributed by atoms with Crippen LogP contribution in [0.3, 0.4) is 0 Å². The molecule has 0 aromatic rings. The first-order valence-corrected chi connectivity index (χ1v) is 5.04. The molecular formula is C11H18O3. The van der Waals surface area contributed by atoms with E-state index in [0.29, 0.717) is 18.4 Å². The van der Waals surface area contributed by atoms with Crippen LogP contribution < -0.4 is 0 Å². The van der Waals surface area contributed by atoms with E-state index in [1.54, 1.807) is 0 Å². The molecule has 0 fully saturated rings. The molecule has 0 heterocycles. The van der Waals surface area contributed by atoms with E-state index in [0.717, 1.165) is 12.8 Å². The van der Waals surface area contributed by atoms with E-state index in [1.165, 1.54) is 0 Å². The van der Waals surface area contributed by atoms with Gasteiger partial charge in [0.1, 0.15) is 11.4 Å². The minimum Gasteiger partial charge on any atom is -0.512 e. The van der Waals surface area contributed by atoms with Crippen molar-refractivity contribution in [2.45, 2.75) is 52.1 Å². The van der Waals surface area contributed by atoms with Crippen molar-refractivity contribution >= 4 is 5.97 Å². The van der Waals surface area contributed by atoms with Gasteiger partial charge in [-0.15, -0.1) is 0 Å². The summed E-state index contributed by atoms with van der Waals surface area (Å²) in [5.41, 5.74) is -0.0203. The molecule has 1 aliphatic carbocycles. The van der Waals surface area contributed by atoms with Gasteiger partial charge in [0.05, 0.1) is 5.57 Å². The molecule has 3 heteroatoms. The Balaban J connectivity index is 2.69. The minimum atomic E-state index is -0.484. The number of carbonyl (C=O) groups excluding carboxylic acids is 1. The summed E-state index contributed by atoms with van der Waals surface area (Å²) in [5, 5.41) is 9.51. The van der Waals surface area contributed by atoms with E-state index in [2.05, 4.69) is 0 Å². The van der Waals surface area contributed by atoms with E-state index in [1.807, 2.05) is 20.8 Å². The first-order valence-electron chi connectivity index (χ1n) is 5.04. The van der Waals surface area contributed by atoms with Crippen LogP contribution in [0.5, 0.6) is 0 Å². The number of aliphatic hydroxyl groups is 1. The maximum atomic E-state index is 11.6. The lowest BCUT2D eigenvalue weighted by atomic mass is 9.98. The molecule has 0 aromatic heterocycles. The SMILES string of the molecule is CC(C)(C)OC(=O)C1=C(O)CCCC1. The van der Waals surface area contributed by atoms with Crippen LogP contribution in [0.25, 0.3) is 0 Å². The number of allylic oxidation sites excluding steroid dienone is 1. The van der Waals surface area contributed by atoms with Gasteiger partial charge < -0.3 is 9.84 Å². The third-order valence-electron chi connectivity index (χ3n) is 2.08. The molecule has 0 saturated heterocycles. The van der Waals surface area contributed by atoms with Gasteiger partial charge in [-0.2, -0.15) is 0 Å². The van der Waals surface area contributed by atoms with Crippen LogP contribution in [0.15, 0.2) is 11.3 Å². The second-order valence-electron chi connectivity index (χ2n) is 4.63. The van der Waals surface area contributed by atoms with Crippen LogP contribution in [0.4, 0.5) is 0 Å². The van der Waals surface area contributed by atoms with Crippen molar-refractivity contribution in [2.75, 3.05) is 0 Å². The predicted octanol–water partition coefficient (Wildman–Crippen LogP) is 2.71. The zero-order chi connectivity index (χ0) is 10.8. The lowest BCUT2D eigenvalue weighted by molar-refractivity contribution is -0.150. The topological polar surface area (TPSA) is 46.5 Å². The third-order valence-corrected chi connectivity index (χ3v) is 2.08. The average Bonchev–Trinajstić information content (AvgIpc) is 2.01. The second-order valence-corrected chi connectivity index (χ2v) is 4.63. The van der Waals surface area contributed by atoms with Gasteiger partial charge in [0.25, 0.3) is 0 Å². The number of esters is 1. The number of hydrogen-bond acceptors (Lipinski definition) is 3. The van der Waals surface area contributed by atoms with Gasteiger partial charge in [-0.05, 0) is 40.0 Å². The van der Waals surface area contributed by atoms with Gasteiger partial charge in [-0.1, -0.05) is 0 Å². The lowest BCUT2D eigenvalue weighted by Crippen LogP contribution is -2.26. The van der Waals surface area contributed by atoms with Crippen molar-refractivity contribution in [3.8, 4) is 0 Å². The minimum absolute atomic E-state index is 0.213. The Morgan fingerprint density at radius 2 is 1.86 bits per heavy atom. The van der Waals surface area contributed by atoms with Crippen molar-refractivity contribution < 1.29 is 14.6 Å². The summed E-state index contributed by atoms with van der Waals surface area (Å²) >= 11 is 0. The number of hydrogen-bond donors (Lipinski definition) is 1. The van der Waals surface area contributed by atoms with Crippen LogP contribution in [0, 0.1) is 0 Å². The summed E-state index contributed by atoms with van der Waals surface area (Å²) in [5.74, 6) is -0.153. The highest BCUT2D eigenvalue weighted by molar-refractivity contribution is 5.89. The van der Waals surface area contributed by atoms with Gasteiger partial charge in [-0.25, -0.2) is 4.79 Å². The smallest absolute Gasteiger partial charge is 0.337 e. The summed E-state index contributed by atoms with van der Waals surface area (Å²) in [4.78, 5) is 11.6. The van der Waals surface area contributed by atoms with Crippen molar-refractivity contribution in [1.29, 1.82) is 0 Å². The fraction of sp³-hybridized carbons (Fsp3) is 0.727. The molecule has 0 atom stereocenters. The molecule has 1 rings (SSSR count). The molecule has 1 aliphatic rings. The Bertz CT molecular complexity index is 258. The molecule has 0 saturated carbocycles. The number of rotatable bonds is 1. The van der Waals surface area contributed by atoms with Gasteiger partial charge in [0.15, 0.2) is 0 Å². The Labute approximate surface area is 84.8 Å². The maximum absolute atomic E-state index is 11.6. The molecule has 0 spiro atoms. The van der Waals surface area contributed by atoms with Gasteiger partial charge in [0.2, 0.25) is 0 Å². The standard InChI is InChI=1S/C11H18O3/c1-11(2,3)14-10(13)8-6-4-5-7-9(8)12/h12H,4-7H2,1-3H3. The first-order chi connectivity index (χ1) is 6.40. The fourth-order valence-corrected chi connectivity index (χ4v) is 1.45. The number of ether oxygens (including phenoxy) is 1. The molecule has 3 nitrogen and oxygen atoms in total. The highest BCUT2D eigenvalue weighted by Gasteiger charge is 2.24. The van der Waals surface area contributed by atoms with E-state index < -0.39 is 5.60 Å². The van der Waals surface area contributed by atoms with Crippen molar-refractivity contribution in [2.24, 2.45) is 0 Å². The van der Waals surface area contributed by atoms with Gasteiger partial charge in [0, 0.05) is 6.42 Å². The largest absolute Gasteiger partial charge is 0.512 e. The van der Waals surface area contributed by atoms with E-state index in [9.17, 15) is 9.90 Å². The summed E-state index contributed by atoms with van der Waals surface area (Å²) in [6.45, 7) is 5.47. The molecule has 0 radical (unpaired) electrons. The highest BCUT2D eigenvalue weighted by Crippen LogP contribution is 2.25. The second kappa shape index (κ2) is 4.03. The number of aliphatic hydroxyl groups excluding tert-OH is 1. The van der Waals surface area contributed by atoms with Crippen LogP contribution in [0.2, 0.25) is 0 Å². The molecule has 80 valence electrons.